The first-order valence-corrected chi connectivity index (χ1v) is 8.72. The van der Waals surface area contributed by atoms with E-state index in [9.17, 15) is 19.7 Å². The average Bonchev–Trinajstić information content (AvgIpc) is 3.18. The number of benzene rings is 2. The number of nitro groups is 1. The molecule has 3 rings (SSSR count). The number of hydrogen-bond donors (Lipinski definition) is 1. The molecule has 0 unspecified atom stereocenters. The summed E-state index contributed by atoms with van der Waals surface area (Å²) in [5.74, 6) is -1.28. The molecule has 1 heterocycles. The number of carbonyl (C=O) groups excluding carboxylic acids is 2. The molecule has 1 N–H and O–H groups in total. The van der Waals surface area contributed by atoms with Crippen LogP contribution in [0.15, 0.2) is 66.7 Å². The highest BCUT2D eigenvalue weighted by atomic mass is 32.1. The topological polar surface area (TPSA) is 98.5 Å². The van der Waals surface area contributed by atoms with E-state index in [1.165, 1.54) is 12.1 Å². The molecule has 0 fully saturated rings. The van der Waals surface area contributed by atoms with Crippen LogP contribution in [0.5, 0.6) is 0 Å². The third-order valence-corrected chi connectivity index (χ3v) is 4.61. The zero-order valence-corrected chi connectivity index (χ0v) is 14.8. The molecule has 0 saturated carbocycles. The maximum absolute atomic E-state index is 12.2. The minimum absolute atomic E-state index is 0.0687. The molecule has 1 aromatic heterocycles. The summed E-state index contributed by atoms with van der Waals surface area (Å²) in [5.41, 5.74) is 2.37. The van der Waals surface area contributed by atoms with Gasteiger partial charge in [-0.05, 0) is 17.7 Å². The number of hydrogen-bond acceptors (Lipinski definition) is 6. The van der Waals surface area contributed by atoms with Gasteiger partial charge in [0.2, 0.25) is 0 Å². The van der Waals surface area contributed by atoms with Crippen LogP contribution < -0.4 is 5.32 Å². The van der Waals surface area contributed by atoms with Crippen LogP contribution >= 0.6 is 11.3 Å². The van der Waals surface area contributed by atoms with E-state index in [1.54, 1.807) is 12.1 Å². The summed E-state index contributed by atoms with van der Waals surface area (Å²) >= 11 is 0.699. The first-order chi connectivity index (χ1) is 13.0. The Labute approximate surface area is 158 Å². The van der Waals surface area contributed by atoms with E-state index in [0.29, 0.717) is 17.0 Å². The van der Waals surface area contributed by atoms with Gasteiger partial charge in [0.25, 0.3) is 5.91 Å². The van der Waals surface area contributed by atoms with Gasteiger partial charge in [-0.3, -0.25) is 14.9 Å². The molecule has 0 aliphatic heterocycles. The molecule has 0 atom stereocenters. The van der Waals surface area contributed by atoms with Crippen molar-refractivity contribution in [3.63, 3.8) is 0 Å². The molecule has 0 radical (unpaired) electrons. The van der Waals surface area contributed by atoms with Gasteiger partial charge in [-0.2, -0.15) is 0 Å². The molecular formula is C19H14N2O5S. The van der Waals surface area contributed by atoms with Crippen molar-refractivity contribution in [2.45, 2.75) is 0 Å². The molecule has 0 aliphatic rings. The molecule has 27 heavy (non-hydrogen) atoms. The standard InChI is InChI=1S/C19H14N2O5S/c22-17(12-26-19(23)16-10-11-18(27-16)21(24)25)20-15-9-5-4-8-14(15)13-6-2-1-3-7-13/h1-11H,12H2,(H,20,22). The van der Waals surface area contributed by atoms with Gasteiger partial charge in [0, 0.05) is 17.3 Å². The highest BCUT2D eigenvalue weighted by Gasteiger charge is 2.17. The Morgan fingerprint density at radius 1 is 1.00 bits per heavy atom. The summed E-state index contributed by atoms with van der Waals surface area (Å²) in [6.45, 7) is -0.492. The molecule has 3 aromatic rings. The number of rotatable bonds is 6. The number of nitrogens with zero attached hydrogens (tertiary/aromatic N) is 1. The molecule has 2 aromatic carbocycles. The van der Waals surface area contributed by atoms with Crippen molar-refractivity contribution in [1.82, 2.24) is 0 Å². The van der Waals surface area contributed by atoms with Crippen LogP contribution in [0.25, 0.3) is 11.1 Å². The Morgan fingerprint density at radius 3 is 2.41 bits per heavy atom. The van der Waals surface area contributed by atoms with Gasteiger partial charge in [-0.15, -0.1) is 0 Å². The minimum Gasteiger partial charge on any atom is -0.451 e. The van der Waals surface area contributed by atoms with Gasteiger partial charge in [-0.1, -0.05) is 59.9 Å². The number of amides is 1. The number of thiophene rings is 1. The van der Waals surface area contributed by atoms with Gasteiger partial charge in [0.1, 0.15) is 4.88 Å². The van der Waals surface area contributed by atoms with Crippen molar-refractivity contribution in [1.29, 1.82) is 0 Å². The maximum Gasteiger partial charge on any atom is 0.349 e. The summed E-state index contributed by atoms with van der Waals surface area (Å²) in [4.78, 5) is 34.2. The molecule has 0 saturated heterocycles. The number of carbonyl (C=O) groups is 2. The normalized spacial score (nSPS) is 10.2. The van der Waals surface area contributed by atoms with Crippen LogP contribution in [-0.2, 0) is 9.53 Å². The quantitative estimate of drug-likeness (QED) is 0.393. The summed E-state index contributed by atoms with van der Waals surface area (Å²) in [7, 11) is 0. The second-order valence-corrected chi connectivity index (χ2v) is 6.49. The van der Waals surface area contributed by atoms with Gasteiger partial charge < -0.3 is 10.1 Å². The lowest BCUT2D eigenvalue weighted by molar-refractivity contribution is -0.380. The number of esters is 1. The fourth-order valence-electron chi connectivity index (χ4n) is 2.39. The Kier molecular flexibility index (Phi) is 5.58. The van der Waals surface area contributed by atoms with Gasteiger partial charge >= 0.3 is 11.0 Å². The summed E-state index contributed by atoms with van der Waals surface area (Å²) < 4.78 is 4.94. The maximum atomic E-state index is 12.2. The molecule has 0 aliphatic carbocycles. The Hall–Kier alpha value is -3.52. The van der Waals surface area contributed by atoms with Crippen LogP contribution in [0, 0.1) is 10.1 Å². The van der Waals surface area contributed by atoms with E-state index in [-0.39, 0.29) is 9.88 Å². The highest BCUT2D eigenvalue weighted by Crippen LogP contribution is 2.27. The predicted octanol–water partition coefficient (Wildman–Crippen LogP) is 4.12. The molecule has 1 amide bonds. The van der Waals surface area contributed by atoms with Gasteiger partial charge in [-0.25, -0.2) is 4.79 Å². The largest absolute Gasteiger partial charge is 0.451 e. The van der Waals surface area contributed by atoms with Crippen LogP contribution in [0.2, 0.25) is 0 Å². The van der Waals surface area contributed by atoms with Gasteiger partial charge in [0.15, 0.2) is 6.61 Å². The molecule has 0 bridgehead atoms. The Balaban J connectivity index is 1.63. The summed E-state index contributed by atoms with van der Waals surface area (Å²) in [6.07, 6.45) is 0. The lowest BCUT2D eigenvalue weighted by Crippen LogP contribution is -2.20. The number of para-hydroxylation sites is 1. The summed E-state index contributed by atoms with van der Waals surface area (Å²) in [5, 5.41) is 13.2. The molecule has 0 spiro atoms. The smallest absolute Gasteiger partial charge is 0.349 e. The zero-order valence-electron chi connectivity index (χ0n) is 14.0. The van der Waals surface area contributed by atoms with Crippen molar-refractivity contribution in [2.24, 2.45) is 0 Å². The van der Waals surface area contributed by atoms with Crippen LogP contribution in [-0.4, -0.2) is 23.4 Å². The van der Waals surface area contributed by atoms with E-state index in [0.717, 1.165) is 11.1 Å². The van der Waals surface area contributed by atoms with E-state index >= 15 is 0 Å². The van der Waals surface area contributed by atoms with E-state index in [2.05, 4.69) is 5.32 Å². The number of ether oxygens (including phenoxy) is 1. The Morgan fingerprint density at radius 2 is 1.70 bits per heavy atom. The van der Waals surface area contributed by atoms with Gasteiger partial charge in [0.05, 0.1) is 4.92 Å². The van der Waals surface area contributed by atoms with Crippen LogP contribution in [0.1, 0.15) is 9.67 Å². The van der Waals surface area contributed by atoms with Crippen molar-refractivity contribution in [3.8, 4) is 11.1 Å². The molecule has 7 nitrogen and oxygen atoms in total. The van der Waals surface area contributed by atoms with Crippen molar-refractivity contribution >= 4 is 33.9 Å². The van der Waals surface area contributed by atoms with Crippen molar-refractivity contribution < 1.29 is 19.2 Å². The third-order valence-electron chi connectivity index (χ3n) is 3.59. The third kappa shape index (κ3) is 4.56. The van der Waals surface area contributed by atoms with Crippen LogP contribution in [0.4, 0.5) is 10.7 Å². The lowest BCUT2D eigenvalue weighted by Gasteiger charge is -2.11. The first-order valence-electron chi connectivity index (χ1n) is 7.90. The number of anilines is 1. The van der Waals surface area contributed by atoms with E-state index in [1.807, 2.05) is 42.5 Å². The zero-order chi connectivity index (χ0) is 19.2. The lowest BCUT2D eigenvalue weighted by atomic mass is 10.0. The van der Waals surface area contributed by atoms with Crippen LogP contribution in [0.3, 0.4) is 0 Å². The molecule has 136 valence electrons. The monoisotopic (exact) mass is 382 g/mol. The minimum atomic E-state index is -0.778. The number of nitrogens with one attached hydrogen (secondary N) is 1. The van der Waals surface area contributed by atoms with E-state index in [4.69, 9.17) is 4.74 Å². The second-order valence-electron chi connectivity index (χ2n) is 5.43. The predicted molar refractivity (Wildman–Crippen MR) is 102 cm³/mol. The SMILES string of the molecule is O=C(COC(=O)c1ccc([N+](=O)[O-])s1)Nc1ccccc1-c1ccccc1. The summed E-state index contributed by atoms with van der Waals surface area (Å²) in [6, 6.07) is 19.4. The Bertz CT molecular complexity index is 985. The highest BCUT2D eigenvalue weighted by molar-refractivity contribution is 7.17. The first kappa shape index (κ1) is 18.3. The average molecular weight is 382 g/mol. The molecule has 8 heteroatoms. The van der Waals surface area contributed by atoms with Crippen molar-refractivity contribution in [3.05, 3.63) is 81.7 Å². The van der Waals surface area contributed by atoms with Crippen molar-refractivity contribution in [2.75, 3.05) is 11.9 Å². The fraction of sp³-hybridized carbons (Fsp3) is 0.0526. The molecular weight excluding hydrogens is 368 g/mol. The second kappa shape index (κ2) is 8.24. The fourth-order valence-corrected chi connectivity index (χ4v) is 3.10. The van der Waals surface area contributed by atoms with E-state index < -0.39 is 23.4 Å².